The summed E-state index contributed by atoms with van der Waals surface area (Å²) in [7, 11) is 0. The van der Waals surface area contributed by atoms with Gasteiger partial charge in [-0.05, 0) is 6.42 Å². The summed E-state index contributed by atoms with van der Waals surface area (Å²) in [6, 6.07) is 0. The highest BCUT2D eigenvalue weighted by Gasteiger charge is 1.92. The second-order valence-corrected chi connectivity index (χ2v) is 1.62. The fourth-order valence-electron chi connectivity index (χ4n) is 0.411. The minimum atomic E-state index is 0.150. The fraction of sp³-hybridized carbons (Fsp3) is 1.00. The van der Waals surface area contributed by atoms with Crippen molar-refractivity contribution in [2.45, 2.75) is 13.3 Å². The van der Waals surface area contributed by atoms with Crippen molar-refractivity contribution >= 4 is 0 Å². The van der Waals surface area contributed by atoms with E-state index in [0.717, 1.165) is 0 Å². The van der Waals surface area contributed by atoms with E-state index in [4.69, 9.17) is 10.3 Å². The summed E-state index contributed by atoms with van der Waals surface area (Å²) in [4.78, 5) is 0. The molecule has 3 nitrogen and oxygen atoms in total. The number of hydroxylamine groups is 2. The van der Waals surface area contributed by atoms with Crippen LogP contribution in [0.2, 0.25) is 0 Å². The van der Waals surface area contributed by atoms with E-state index >= 15 is 0 Å². The predicted octanol–water partition coefficient (Wildman–Crippen LogP) is 0.0799. The molecule has 3 heteroatoms. The van der Waals surface area contributed by atoms with Crippen LogP contribution in [-0.2, 0) is 0 Å². The Hall–Kier alpha value is -0.120. The van der Waals surface area contributed by atoms with Crippen molar-refractivity contribution in [3.05, 3.63) is 0 Å². The van der Waals surface area contributed by atoms with Crippen molar-refractivity contribution < 1.29 is 10.3 Å². The Labute approximate surface area is 49.5 Å². The molecule has 2 N–H and O–H groups in total. The molecule has 0 fully saturated rings. The quantitative estimate of drug-likeness (QED) is 0.515. The Morgan fingerprint density at radius 1 is 1.50 bits per heavy atom. The molecule has 0 aromatic carbocycles. The molecule has 0 aliphatic heterocycles. The Morgan fingerprint density at radius 2 is 2.12 bits per heavy atom. The van der Waals surface area contributed by atoms with Gasteiger partial charge in [-0.2, -0.15) is 5.06 Å². The van der Waals surface area contributed by atoms with Crippen LogP contribution >= 0.6 is 0 Å². The van der Waals surface area contributed by atoms with Crippen LogP contribution in [0.4, 0.5) is 0 Å². The number of aliphatic hydroxyl groups excluding tert-OH is 1. The molecule has 8 heavy (non-hydrogen) atoms. The molecule has 0 spiro atoms. The molecule has 0 aliphatic carbocycles. The van der Waals surface area contributed by atoms with Crippen molar-refractivity contribution in [1.29, 1.82) is 0 Å². The van der Waals surface area contributed by atoms with E-state index in [1.54, 1.807) is 0 Å². The summed E-state index contributed by atoms with van der Waals surface area (Å²) < 4.78 is 0. The lowest BCUT2D eigenvalue weighted by atomic mass is 10.4. The molecule has 0 rings (SSSR count). The summed E-state index contributed by atoms with van der Waals surface area (Å²) in [6.45, 7) is 3.20. The summed E-state index contributed by atoms with van der Waals surface area (Å²) in [5, 5.41) is 18.2. The first-order valence-electron chi connectivity index (χ1n) is 2.86. The third kappa shape index (κ3) is 4.05. The second kappa shape index (κ2) is 5.03. The molecule has 0 aromatic rings. The maximum Gasteiger partial charge on any atom is 0.0444 e. The third-order valence-corrected chi connectivity index (χ3v) is 0.939. The van der Waals surface area contributed by atoms with E-state index in [1.807, 2.05) is 6.92 Å². The van der Waals surface area contributed by atoms with E-state index in [2.05, 4.69) is 0 Å². The average Bonchev–Trinajstić information content (AvgIpc) is 1.83. The maximum absolute atomic E-state index is 8.71. The zero-order chi connectivity index (χ0) is 6.41. The van der Waals surface area contributed by atoms with Gasteiger partial charge in [0.05, 0.1) is 0 Å². The van der Waals surface area contributed by atoms with E-state index in [-0.39, 0.29) is 6.61 Å². The SMILES string of the molecule is CCN(O)CCCO. The highest BCUT2D eigenvalue weighted by molar-refractivity contribution is 4.38. The predicted molar refractivity (Wildman–Crippen MR) is 30.7 cm³/mol. The second-order valence-electron chi connectivity index (χ2n) is 1.62. The fourth-order valence-corrected chi connectivity index (χ4v) is 0.411. The van der Waals surface area contributed by atoms with Crippen LogP contribution in [-0.4, -0.2) is 35.1 Å². The van der Waals surface area contributed by atoms with Gasteiger partial charge in [0.15, 0.2) is 0 Å². The minimum absolute atomic E-state index is 0.150. The van der Waals surface area contributed by atoms with Gasteiger partial charge in [0, 0.05) is 19.7 Å². The van der Waals surface area contributed by atoms with Gasteiger partial charge in [-0.15, -0.1) is 0 Å². The van der Waals surface area contributed by atoms with E-state index in [0.29, 0.717) is 19.5 Å². The van der Waals surface area contributed by atoms with Gasteiger partial charge in [-0.3, -0.25) is 0 Å². The van der Waals surface area contributed by atoms with Crippen molar-refractivity contribution in [3.63, 3.8) is 0 Å². The smallest absolute Gasteiger partial charge is 0.0444 e. The average molecular weight is 119 g/mol. The summed E-state index contributed by atoms with van der Waals surface area (Å²) in [6.07, 6.45) is 0.643. The number of hydrogen-bond acceptors (Lipinski definition) is 3. The van der Waals surface area contributed by atoms with Crippen LogP contribution in [0.3, 0.4) is 0 Å². The molecule has 0 bridgehead atoms. The van der Waals surface area contributed by atoms with E-state index < -0.39 is 0 Å². The Morgan fingerprint density at radius 3 is 2.50 bits per heavy atom. The molecule has 0 amide bonds. The monoisotopic (exact) mass is 119 g/mol. The van der Waals surface area contributed by atoms with Crippen LogP contribution in [0.15, 0.2) is 0 Å². The van der Waals surface area contributed by atoms with Gasteiger partial charge in [0.1, 0.15) is 0 Å². The van der Waals surface area contributed by atoms with Crippen molar-refractivity contribution in [2.75, 3.05) is 19.7 Å². The van der Waals surface area contributed by atoms with E-state index in [9.17, 15) is 0 Å². The molecule has 0 aliphatic rings. The molecule has 0 aromatic heterocycles. The highest BCUT2D eigenvalue weighted by Crippen LogP contribution is 1.82. The Kier molecular flexibility index (Phi) is 4.95. The zero-order valence-electron chi connectivity index (χ0n) is 5.17. The Bertz CT molecular complexity index is 49.7. The lowest BCUT2D eigenvalue weighted by Gasteiger charge is -2.09. The molecule has 50 valence electrons. The van der Waals surface area contributed by atoms with Gasteiger partial charge < -0.3 is 10.3 Å². The van der Waals surface area contributed by atoms with Crippen molar-refractivity contribution in [2.24, 2.45) is 0 Å². The van der Waals surface area contributed by atoms with Gasteiger partial charge in [-0.25, -0.2) is 0 Å². The standard InChI is InChI=1S/C5H13NO2/c1-2-6(8)4-3-5-7/h7-8H,2-5H2,1H3. The van der Waals surface area contributed by atoms with Crippen LogP contribution in [0.5, 0.6) is 0 Å². The molecule has 0 saturated carbocycles. The first-order valence-corrected chi connectivity index (χ1v) is 2.86. The highest BCUT2D eigenvalue weighted by atomic mass is 16.5. The topological polar surface area (TPSA) is 43.7 Å². The van der Waals surface area contributed by atoms with Crippen LogP contribution in [0, 0.1) is 0 Å². The summed E-state index contributed by atoms with van der Waals surface area (Å²) in [5.74, 6) is 0. The number of aliphatic hydroxyl groups is 1. The number of rotatable bonds is 4. The first-order chi connectivity index (χ1) is 3.81. The normalized spacial score (nSPS) is 10.5. The molecule has 0 heterocycles. The lowest BCUT2D eigenvalue weighted by molar-refractivity contribution is -0.0886. The molecule has 0 saturated heterocycles. The van der Waals surface area contributed by atoms with Crippen LogP contribution in [0.1, 0.15) is 13.3 Å². The molecular weight excluding hydrogens is 106 g/mol. The van der Waals surface area contributed by atoms with Gasteiger partial charge in [0.2, 0.25) is 0 Å². The molecule has 0 unspecified atom stereocenters. The maximum atomic E-state index is 8.71. The number of nitrogens with zero attached hydrogens (tertiary/aromatic N) is 1. The van der Waals surface area contributed by atoms with Gasteiger partial charge in [0.25, 0.3) is 0 Å². The van der Waals surface area contributed by atoms with Crippen molar-refractivity contribution in [1.82, 2.24) is 5.06 Å². The van der Waals surface area contributed by atoms with Crippen LogP contribution in [0.25, 0.3) is 0 Å². The zero-order valence-corrected chi connectivity index (χ0v) is 5.17. The van der Waals surface area contributed by atoms with Crippen molar-refractivity contribution in [3.8, 4) is 0 Å². The number of hydrogen-bond donors (Lipinski definition) is 2. The molecule has 0 radical (unpaired) electrons. The molecule has 0 atom stereocenters. The van der Waals surface area contributed by atoms with E-state index in [1.165, 1.54) is 5.06 Å². The minimum Gasteiger partial charge on any atom is -0.396 e. The summed E-state index contributed by atoms with van der Waals surface area (Å²) >= 11 is 0. The third-order valence-electron chi connectivity index (χ3n) is 0.939. The van der Waals surface area contributed by atoms with Gasteiger partial charge >= 0.3 is 0 Å². The lowest BCUT2D eigenvalue weighted by Crippen LogP contribution is -2.20. The first kappa shape index (κ1) is 7.88. The Balaban J connectivity index is 2.86. The van der Waals surface area contributed by atoms with Gasteiger partial charge in [-0.1, -0.05) is 6.92 Å². The van der Waals surface area contributed by atoms with Crippen LogP contribution < -0.4 is 0 Å². The molecular formula is C5H13NO2. The summed E-state index contributed by atoms with van der Waals surface area (Å²) in [5.41, 5.74) is 0. The largest absolute Gasteiger partial charge is 0.396 e.